The Balaban J connectivity index is 1.68. The number of hydroxylamine groups is 2. The molecule has 4 rings (SSSR count). The zero-order chi connectivity index (χ0) is 23.2. The molecule has 2 aromatic carbocycles. The molecule has 0 aliphatic carbocycles. The van der Waals surface area contributed by atoms with Crippen LogP contribution >= 0.6 is 0 Å². The van der Waals surface area contributed by atoms with Crippen LogP contribution in [0.2, 0.25) is 0 Å². The Labute approximate surface area is 193 Å². The summed E-state index contributed by atoms with van der Waals surface area (Å²) in [4.78, 5) is 16.2. The first kappa shape index (κ1) is 22.7. The Morgan fingerprint density at radius 3 is 2.64 bits per heavy atom. The number of fused-ring (bicyclic) bond motifs is 1. The molecule has 0 unspecified atom stereocenters. The summed E-state index contributed by atoms with van der Waals surface area (Å²) in [6.07, 6.45) is 2.01. The van der Waals surface area contributed by atoms with Crippen LogP contribution in [-0.2, 0) is 29.2 Å². The van der Waals surface area contributed by atoms with Crippen LogP contribution in [0, 0.1) is 0 Å². The SMILES string of the molecule is CCOCc1nc2ccc(-c3cccc(NC(C)=O)c3)cn2c1CN(O)Cc1ccccc1. The van der Waals surface area contributed by atoms with Gasteiger partial charge in [0, 0.05) is 32.0 Å². The Kier molecular flexibility index (Phi) is 7.14. The molecule has 0 saturated heterocycles. The van der Waals surface area contributed by atoms with E-state index in [0.29, 0.717) is 26.3 Å². The second kappa shape index (κ2) is 10.4. The highest BCUT2D eigenvalue weighted by atomic mass is 16.5. The fourth-order valence-corrected chi connectivity index (χ4v) is 3.80. The van der Waals surface area contributed by atoms with Crippen molar-refractivity contribution in [1.29, 1.82) is 0 Å². The van der Waals surface area contributed by atoms with Crippen molar-refractivity contribution in [2.75, 3.05) is 11.9 Å². The molecule has 0 spiro atoms. The van der Waals surface area contributed by atoms with Crippen molar-refractivity contribution >= 4 is 17.2 Å². The van der Waals surface area contributed by atoms with Gasteiger partial charge in [-0.15, -0.1) is 0 Å². The normalized spacial score (nSPS) is 11.3. The largest absolute Gasteiger partial charge is 0.375 e. The molecule has 7 heteroatoms. The van der Waals surface area contributed by atoms with Gasteiger partial charge in [-0.3, -0.25) is 4.79 Å². The average Bonchev–Trinajstić information content (AvgIpc) is 3.14. The highest BCUT2D eigenvalue weighted by Gasteiger charge is 2.16. The highest BCUT2D eigenvalue weighted by Crippen LogP contribution is 2.25. The number of nitrogens with zero attached hydrogens (tertiary/aromatic N) is 3. The van der Waals surface area contributed by atoms with E-state index < -0.39 is 0 Å². The van der Waals surface area contributed by atoms with Crippen LogP contribution in [0.4, 0.5) is 5.69 Å². The summed E-state index contributed by atoms with van der Waals surface area (Å²) in [5, 5.41) is 14.8. The summed E-state index contributed by atoms with van der Waals surface area (Å²) in [6.45, 7) is 5.10. The van der Waals surface area contributed by atoms with Crippen LogP contribution < -0.4 is 5.32 Å². The fraction of sp³-hybridized carbons (Fsp3) is 0.231. The van der Waals surface area contributed by atoms with Crippen molar-refractivity contribution in [2.24, 2.45) is 0 Å². The minimum absolute atomic E-state index is 0.110. The predicted octanol–water partition coefficient (Wildman–Crippen LogP) is 4.89. The van der Waals surface area contributed by atoms with E-state index in [1.807, 2.05) is 84.3 Å². The maximum Gasteiger partial charge on any atom is 0.221 e. The molecule has 0 aliphatic rings. The second-order valence-corrected chi connectivity index (χ2v) is 7.86. The van der Waals surface area contributed by atoms with Crippen LogP contribution in [0.15, 0.2) is 72.9 Å². The molecular weight excluding hydrogens is 416 g/mol. The molecule has 2 N–H and O–H groups in total. The van der Waals surface area contributed by atoms with Crippen LogP contribution in [0.3, 0.4) is 0 Å². The zero-order valence-electron chi connectivity index (χ0n) is 18.9. The van der Waals surface area contributed by atoms with E-state index in [1.165, 1.54) is 12.0 Å². The van der Waals surface area contributed by atoms with E-state index in [2.05, 4.69) is 5.32 Å². The number of ether oxygens (including phenoxy) is 1. The van der Waals surface area contributed by atoms with Crippen LogP contribution in [0.25, 0.3) is 16.8 Å². The molecule has 1 amide bonds. The molecule has 0 atom stereocenters. The molecular formula is C26H28N4O3. The molecule has 0 fully saturated rings. The van der Waals surface area contributed by atoms with Gasteiger partial charge < -0.3 is 19.7 Å². The number of hydrogen-bond donors (Lipinski definition) is 2. The van der Waals surface area contributed by atoms with Gasteiger partial charge in [0.2, 0.25) is 5.91 Å². The van der Waals surface area contributed by atoms with Crippen molar-refractivity contribution in [1.82, 2.24) is 14.4 Å². The van der Waals surface area contributed by atoms with E-state index in [-0.39, 0.29) is 5.91 Å². The Morgan fingerprint density at radius 1 is 1.06 bits per heavy atom. The van der Waals surface area contributed by atoms with Gasteiger partial charge in [-0.25, -0.2) is 4.98 Å². The third kappa shape index (κ3) is 5.64. The fourth-order valence-electron chi connectivity index (χ4n) is 3.80. The number of nitrogens with one attached hydrogen (secondary N) is 1. The monoisotopic (exact) mass is 444 g/mol. The number of pyridine rings is 1. The molecule has 7 nitrogen and oxygen atoms in total. The third-order valence-electron chi connectivity index (χ3n) is 5.30. The van der Waals surface area contributed by atoms with Gasteiger partial charge in [-0.05, 0) is 47.9 Å². The number of imidazole rings is 1. The topological polar surface area (TPSA) is 79.1 Å². The first-order valence-electron chi connectivity index (χ1n) is 11.0. The second-order valence-electron chi connectivity index (χ2n) is 7.86. The number of benzene rings is 2. The number of aromatic nitrogens is 2. The lowest BCUT2D eigenvalue weighted by molar-refractivity contribution is -0.114. The van der Waals surface area contributed by atoms with E-state index >= 15 is 0 Å². The third-order valence-corrected chi connectivity index (χ3v) is 5.30. The maximum atomic E-state index is 11.4. The molecule has 4 aromatic rings. The van der Waals surface area contributed by atoms with Crippen molar-refractivity contribution in [3.8, 4) is 11.1 Å². The van der Waals surface area contributed by atoms with Gasteiger partial charge >= 0.3 is 0 Å². The lowest BCUT2D eigenvalue weighted by Crippen LogP contribution is -2.20. The highest BCUT2D eigenvalue weighted by molar-refractivity contribution is 5.89. The number of hydrogen-bond acceptors (Lipinski definition) is 5. The predicted molar refractivity (Wildman–Crippen MR) is 128 cm³/mol. The summed E-state index contributed by atoms with van der Waals surface area (Å²) < 4.78 is 7.64. The Morgan fingerprint density at radius 2 is 1.88 bits per heavy atom. The first-order valence-corrected chi connectivity index (χ1v) is 11.0. The van der Waals surface area contributed by atoms with Gasteiger partial charge in [0.05, 0.1) is 24.5 Å². The van der Waals surface area contributed by atoms with Crippen molar-refractivity contribution in [2.45, 2.75) is 33.5 Å². The summed E-state index contributed by atoms with van der Waals surface area (Å²) in [5.41, 5.74) is 6.17. The van der Waals surface area contributed by atoms with Crippen LogP contribution in [-0.4, -0.2) is 32.2 Å². The van der Waals surface area contributed by atoms with Crippen LogP contribution in [0.5, 0.6) is 0 Å². The number of amides is 1. The number of carbonyl (C=O) groups is 1. The van der Waals surface area contributed by atoms with Crippen molar-refractivity contribution < 1.29 is 14.7 Å². The first-order chi connectivity index (χ1) is 16.0. The van der Waals surface area contributed by atoms with Crippen molar-refractivity contribution in [3.05, 3.63) is 89.9 Å². The molecule has 2 heterocycles. The number of anilines is 1. The van der Waals surface area contributed by atoms with E-state index in [9.17, 15) is 10.0 Å². The quantitative estimate of drug-likeness (QED) is 0.360. The summed E-state index contributed by atoms with van der Waals surface area (Å²) in [6, 6.07) is 21.5. The smallest absolute Gasteiger partial charge is 0.221 e. The molecule has 0 saturated carbocycles. The van der Waals surface area contributed by atoms with E-state index in [1.54, 1.807) is 0 Å². The number of carbonyl (C=O) groups excluding carboxylic acids is 1. The zero-order valence-corrected chi connectivity index (χ0v) is 18.9. The molecule has 0 aliphatic heterocycles. The van der Waals surface area contributed by atoms with Crippen LogP contribution in [0.1, 0.15) is 30.8 Å². The molecule has 0 radical (unpaired) electrons. The summed E-state index contributed by atoms with van der Waals surface area (Å²) >= 11 is 0. The van der Waals surface area contributed by atoms with Gasteiger partial charge in [0.25, 0.3) is 0 Å². The molecule has 170 valence electrons. The summed E-state index contributed by atoms with van der Waals surface area (Å²) in [7, 11) is 0. The minimum Gasteiger partial charge on any atom is -0.375 e. The lowest BCUT2D eigenvalue weighted by atomic mass is 10.1. The van der Waals surface area contributed by atoms with Gasteiger partial charge in [0.1, 0.15) is 5.65 Å². The lowest BCUT2D eigenvalue weighted by Gasteiger charge is -2.16. The molecule has 2 aromatic heterocycles. The summed E-state index contributed by atoms with van der Waals surface area (Å²) in [5.74, 6) is -0.110. The average molecular weight is 445 g/mol. The Hall–Kier alpha value is -3.52. The molecule has 0 bridgehead atoms. The van der Waals surface area contributed by atoms with Crippen molar-refractivity contribution in [3.63, 3.8) is 0 Å². The van der Waals surface area contributed by atoms with Gasteiger partial charge in [-0.1, -0.05) is 42.5 Å². The standard InChI is InChI=1S/C26H28N4O3/c1-3-33-18-24-25(17-29(32)15-20-8-5-4-6-9-20)30-16-22(12-13-26(30)28-24)21-10-7-11-23(14-21)27-19(2)31/h4-14,16,32H,3,15,17-18H2,1-2H3,(H,27,31). The van der Waals surface area contributed by atoms with E-state index in [0.717, 1.165) is 39.4 Å². The molecule has 33 heavy (non-hydrogen) atoms. The van der Waals surface area contributed by atoms with Gasteiger partial charge in [-0.2, -0.15) is 5.06 Å². The number of rotatable bonds is 9. The van der Waals surface area contributed by atoms with E-state index in [4.69, 9.17) is 9.72 Å². The Bertz CT molecular complexity index is 1240. The minimum atomic E-state index is -0.110. The maximum absolute atomic E-state index is 11.4. The van der Waals surface area contributed by atoms with Gasteiger partial charge in [0.15, 0.2) is 0 Å².